The molecule has 4 nitrogen and oxygen atoms in total. The first kappa shape index (κ1) is 14.3. The lowest BCUT2D eigenvalue weighted by molar-refractivity contribution is 0.384. The van der Waals surface area contributed by atoms with Crippen LogP contribution < -0.4 is 4.72 Å². The van der Waals surface area contributed by atoms with Crippen molar-refractivity contribution in [1.29, 1.82) is 0 Å². The van der Waals surface area contributed by atoms with Crippen molar-refractivity contribution >= 4 is 10.0 Å². The van der Waals surface area contributed by atoms with E-state index in [1.165, 1.54) is 6.42 Å². The molecular weight excluding hydrogens is 262 g/mol. The number of phenolic OH excluding ortho intramolecular Hbond substituents is 1. The number of nitrogens with one attached hydrogen (secondary N) is 1. The van der Waals surface area contributed by atoms with Crippen LogP contribution in [0.5, 0.6) is 5.75 Å². The van der Waals surface area contributed by atoms with Gasteiger partial charge in [0.1, 0.15) is 5.75 Å². The molecule has 0 aromatic heterocycles. The van der Waals surface area contributed by atoms with Crippen molar-refractivity contribution < 1.29 is 13.5 Å². The van der Waals surface area contributed by atoms with E-state index in [2.05, 4.69) is 4.72 Å². The quantitative estimate of drug-likeness (QED) is 0.872. The zero-order valence-corrected chi connectivity index (χ0v) is 11.8. The second-order valence-electron chi connectivity index (χ2n) is 5.27. The molecule has 0 atom stereocenters. The molecule has 1 aromatic carbocycles. The van der Waals surface area contributed by atoms with Gasteiger partial charge in [-0.05, 0) is 36.5 Å². The Hall–Kier alpha value is -1.07. The Morgan fingerprint density at radius 1 is 1.11 bits per heavy atom. The molecule has 2 N–H and O–H groups in total. The van der Waals surface area contributed by atoms with Crippen molar-refractivity contribution in [2.75, 3.05) is 5.75 Å². The van der Waals surface area contributed by atoms with Crippen molar-refractivity contribution in [3.05, 3.63) is 29.8 Å². The molecule has 19 heavy (non-hydrogen) atoms. The van der Waals surface area contributed by atoms with Gasteiger partial charge in [0.15, 0.2) is 0 Å². The van der Waals surface area contributed by atoms with Crippen LogP contribution in [0.3, 0.4) is 0 Å². The monoisotopic (exact) mass is 283 g/mol. The Morgan fingerprint density at radius 2 is 1.74 bits per heavy atom. The Balaban J connectivity index is 1.84. The van der Waals surface area contributed by atoms with Gasteiger partial charge in [-0.2, -0.15) is 0 Å². The van der Waals surface area contributed by atoms with Crippen molar-refractivity contribution in [3.8, 4) is 5.75 Å². The third-order valence-electron chi connectivity index (χ3n) is 3.61. The molecule has 1 saturated carbocycles. The minimum absolute atomic E-state index is 0.189. The highest BCUT2D eigenvalue weighted by atomic mass is 32.2. The van der Waals surface area contributed by atoms with E-state index in [-0.39, 0.29) is 18.0 Å². The summed E-state index contributed by atoms with van der Waals surface area (Å²) in [5.41, 5.74) is 0.852. The predicted molar refractivity (Wildman–Crippen MR) is 75.3 cm³/mol. The van der Waals surface area contributed by atoms with E-state index in [9.17, 15) is 8.42 Å². The number of phenols is 1. The minimum atomic E-state index is -3.20. The number of aromatic hydroxyl groups is 1. The standard InChI is InChI=1S/C14H21NO3S/c16-14-8-6-12(7-9-14)10-15-19(17,18)11-13-4-2-1-3-5-13/h6-9,13,15-16H,1-5,10-11H2. The summed E-state index contributed by atoms with van der Waals surface area (Å²) in [4.78, 5) is 0. The van der Waals surface area contributed by atoms with Gasteiger partial charge in [0, 0.05) is 6.54 Å². The fraction of sp³-hybridized carbons (Fsp3) is 0.571. The first-order chi connectivity index (χ1) is 9.05. The highest BCUT2D eigenvalue weighted by Gasteiger charge is 2.20. The van der Waals surface area contributed by atoms with Crippen LogP contribution in [0.25, 0.3) is 0 Å². The lowest BCUT2D eigenvalue weighted by Gasteiger charge is -2.21. The van der Waals surface area contributed by atoms with Gasteiger partial charge < -0.3 is 5.11 Å². The van der Waals surface area contributed by atoms with E-state index in [4.69, 9.17) is 5.11 Å². The van der Waals surface area contributed by atoms with Gasteiger partial charge in [0.05, 0.1) is 5.75 Å². The summed E-state index contributed by atoms with van der Waals surface area (Å²) < 4.78 is 26.6. The minimum Gasteiger partial charge on any atom is -0.508 e. The molecule has 0 bridgehead atoms. The smallest absolute Gasteiger partial charge is 0.212 e. The van der Waals surface area contributed by atoms with E-state index in [1.54, 1.807) is 24.3 Å². The predicted octanol–water partition coefficient (Wildman–Crippen LogP) is 2.39. The summed E-state index contributed by atoms with van der Waals surface area (Å²) in [6.45, 7) is 0.287. The molecule has 0 heterocycles. The Kier molecular flexibility index (Phi) is 4.82. The molecule has 1 aliphatic carbocycles. The van der Waals surface area contributed by atoms with Crippen molar-refractivity contribution in [1.82, 2.24) is 4.72 Å². The van der Waals surface area contributed by atoms with Gasteiger partial charge in [-0.1, -0.05) is 31.4 Å². The molecule has 1 aromatic rings. The molecule has 5 heteroatoms. The lowest BCUT2D eigenvalue weighted by atomic mass is 9.91. The molecule has 0 radical (unpaired) electrons. The summed E-state index contributed by atoms with van der Waals surface area (Å²) in [5, 5.41) is 9.16. The molecule has 0 saturated heterocycles. The molecule has 0 amide bonds. The van der Waals surface area contributed by atoms with E-state index in [1.807, 2.05) is 0 Å². The van der Waals surface area contributed by atoms with Crippen LogP contribution >= 0.6 is 0 Å². The third-order valence-corrected chi connectivity index (χ3v) is 5.11. The average Bonchev–Trinajstić information content (AvgIpc) is 2.39. The third kappa shape index (κ3) is 4.84. The van der Waals surface area contributed by atoms with Crippen LogP contribution in [-0.2, 0) is 16.6 Å². The summed E-state index contributed by atoms with van der Waals surface area (Å²) in [7, 11) is -3.20. The van der Waals surface area contributed by atoms with Gasteiger partial charge in [-0.3, -0.25) is 0 Å². The van der Waals surface area contributed by atoms with E-state index in [0.29, 0.717) is 5.92 Å². The second-order valence-corrected chi connectivity index (χ2v) is 7.12. The molecule has 1 fully saturated rings. The van der Waals surface area contributed by atoms with Crippen LogP contribution in [0.2, 0.25) is 0 Å². The molecule has 106 valence electrons. The summed E-state index contributed by atoms with van der Waals surface area (Å²) >= 11 is 0. The normalized spacial score (nSPS) is 17.5. The highest BCUT2D eigenvalue weighted by Crippen LogP contribution is 2.24. The number of hydrogen-bond acceptors (Lipinski definition) is 3. The van der Waals surface area contributed by atoms with Crippen LogP contribution in [0.4, 0.5) is 0 Å². The Morgan fingerprint density at radius 3 is 2.37 bits per heavy atom. The van der Waals surface area contributed by atoms with Gasteiger partial charge in [0.2, 0.25) is 10.0 Å². The first-order valence-electron chi connectivity index (χ1n) is 6.80. The summed E-state index contributed by atoms with van der Waals surface area (Å²) in [6, 6.07) is 6.56. The zero-order chi connectivity index (χ0) is 13.7. The van der Waals surface area contributed by atoms with Crippen LogP contribution in [0.1, 0.15) is 37.7 Å². The SMILES string of the molecule is O=S(=O)(CC1CCCCC1)NCc1ccc(O)cc1. The van der Waals surface area contributed by atoms with Crippen LogP contribution in [-0.4, -0.2) is 19.3 Å². The van der Waals surface area contributed by atoms with Gasteiger partial charge in [-0.15, -0.1) is 0 Å². The maximum absolute atomic E-state index is 12.0. The lowest BCUT2D eigenvalue weighted by Crippen LogP contribution is -2.30. The second kappa shape index (κ2) is 6.39. The number of hydrogen-bond donors (Lipinski definition) is 2. The van der Waals surface area contributed by atoms with Crippen LogP contribution in [0.15, 0.2) is 24.3 Å². The number of benzene rings is 1. The van der Waals surface area contributed by atoms with Gasteiger partial charge in [0.25, 0.3) is 0 Å². The Labute approximate surface area is 114 Å². The van der Waals surface area contributed by atoms with Gasteiger partial charge >= 0.3 is 0 Å². The van der Waals surface area contributed by atoms with Crippen molar-refractivity contribution in [2.24, 2.45) is 5.92 Å². The fourth-order valence-electron chi connectivity index (χ4n) is 2.53. The molecule has 2 rings (SSSR count). The van der Waals surface area contributed by atoms with E-state index in [0.717, 1.165) is 31.2 Å². The topological polar surface area (TPSA) is 66.4 Å². The van der Waals surface area contributed by atoms with Crippen molar-refractivity contribution in [3.63, 3.8) is 0 Å². The molecular formula is C14H21NO3S. The number of sulfonamides is 1. The molecule has 0 aliphatic heterocycles. The van der Waals surface area contributed by atoms with Crippen LogP contribution in [0, 0.1) is 5.92 Å². The van der Waals surface area contributed by atoms with E-state index >= 15 is 0 Å². The molecule has 0 unspecified atom stereocenters. The maximum atomic E-state index is 12.0. The van der Waals surface area contributed by atoms with Gasteiger partial charge in [-0.25, -0.2) is 13.1 Å². The largest absolute Gasteiger partial charge is 0.508 e. The average molecular weight is 283 g/mol. The first-order valence-corrected chi connectivity index (χ1v) is 8.46. The summed E-state index contributed by atoms with van der Waals surface area (Å²) in [5.74, 6) is 0.741. The highest BCUT2D eigenvalue weighted by molar-refractivity contribution is 7.89. The zero-order valence-electron chi connectivity index (χ0n) is 11.0. The Bertz CT molecular complexity index is 490. The maximum Gasteiger partial charge on any atom is 0.212 e. The fourth-order valence-corrected chi connectivity index (χ4v) is 3.99. The van der Waals surface area contributed by atoms with E-state index < -0.39 is 10.0 Å². The number of rotatable bonds is 5. The van der Waals surface area contributed by atoms with Crippen molar-refractivity contribution in [2.45, 2.75) is 38.6 Å². The summed E-state index contributed by atoms with van der Waals surface area (Å²) in [6.07, 6.45) is 5.59. The molecule has 0 spiro atoms. The molecule has 1 aliphatic rings.